The molecule has 7 nitrogen and oxygen atoms in total. The zero-order chi connectivity index (χ0) is 17.7. The molecule has 0 bridgehead atoms. The van der Waals surface area contributed by atoms with Crippen LogP contribution in [0.25, 0.3) is 0 Å². The van der Waals surface area contributed by atoms with E-state index < -0.39 is 0 Å². The number of benzene rings is 1. The third kappa shape index (κ3) is 2.47. The number of carbonyl (C=O) groups is 1. The minimum absolute atomic E-state index is 0.0867. The van der Waals surface area contributed by atoms with E-state index in [9.17, 15) is 9.59 Å². The van der Waals surface area contributed by atoms with E-state index in [0.29, 0.717) is 13.2 Å². The van der Waals surface area contributed by atoms with Crippen molar-refractivity contribution in [2.24, 2.45) is 0 Å². The zero-order valence-corrected chi connectivity index (χ0v) is 14.2. The molecule has 26 heavy (non-hydrogen) atoms. The number of fused-ring (bicyclic) bond motifs is 2. The molecular formula is C19H19N3O4. The number of nitrogens with one attached hydrogen (secondary N) is 1. The number of hydrogen-bond acceptors (Lipinski definition) is 5. The summed E-state index contributed by atoms with van der Waals surface area (Å²) < 4.78 is 13.3. The summed E-state index contributed by atoms with van der Waals surface area (Å²) in [5.41, 5.74) is 3.95. The molecule has 1 amide bonds. The van der Waals surface area contributed by atoms with Crippen LogP contribution in [-0.2, 0) is 11.3 Å². The average molecular weight is 353 g/mol. The van der Waals surface area contributed by atoms with E-state index >= 15 is 0 Å². The molecule has 1 atom stereocenters. The van der Waals surface area contributed by atoms with Crippen molar-refractivity contribution in [3.63, 3.8) is 0 Å². The quantitative estimate of drug-likeness (QED) is 0.901. The summed E-state index contributed by atoms with van der Waals surface area (Å²) in [7, 11) is 0. The second-order valence-electron chi connectivity index (χ2n) is 7.07. The standard InChI is InChI=1S/C19H19N3O4/c23-14-6-9-22-16(17(14)25-10-13-4-2-1-3-5-13)18(24)21-12-19(7-8-19)26-11-15(21)20-22/h1-6,9,15,20H,7-8,10-12H2. The molecule has 0 radical (unpaired) electrons. The molecule has 7 heteroatoms. The maximum Gasteiger partial charge on any atom is 0.278 e. The van der Waals surface area contributed by atoms with Crippen LogP contribution in [0, 0.1) is 0 Å². The molecule has 1 spiro atoms. The Bertz CT molecular complexity index is 920. The SMILES string of the molecule is O=C1c2c(OCc3ccccc3)c(=O)ccn2NC2COC3(CC3)CN12. The first-order valence-corrected chi connectivity index (χ1v) is 8.79. The fourth-order valence-corrected chi connectivity index (χ4v) is 3.57. The predicted molar refractivity (Wildman–Crippen MR) is 93.6 cm³/mol. The Labute approximate surface area is 150 Å². The van der Waals surface area contributed by atoms with Gasteiger partial charge in [0.1, 0.15) is 12.8 Å². The number of carbonyl (C=O) groups excluding carboxylic acids is 1. The Morgan fingerprint density at radius 2 is 2.00 bits per heavy atom. The first-order chi connectivity index (χ1) is 12.7. The molecule has 1 aromatic heterocycles. The zero-order valence-electron chi connectivity index (χ0n) is 14.2. The molecule has 1 aromatic carbocycles. The number of ether oxygens (including phenoxy) is 2. The Hall–Kier alpha value is -2.80. The van der Waals surface area contributed by atoms with Crippen molar-refractivity contribution < 1.29 is 14.3 Å². The van der Waals surface area contributed by atoms with Crippen molar-refractivity contribution >= 4 is 5.91 Å². The highest BCUT2D eigenvalue weighted by atomic mass is 16.5. The van der Waals surface area contributed by atoms with Gasteiger partial charge in [0, 0.05) is 12.3 Å². The lowest BCUT2D eigenvalue weighted by molar-refractivity contribution is -0.0665. The highest BCUT2D eigenvalue weighted by molar-refractivity contribution is 5.96. The summed E-state index contributed by atoms with van der Waals surface area (Å²) in [6.45, 7) is 1.22. The van der Waals surface area contributed by atoms with E-state index in [1.165, 1.54) is 6.07 Å². The van der Waals surface area contributed by atoms with Crippen molar-refractivity contribution in [1.29, 1.82) is 0 Å². The van der Waals surface area contributed by atoms with Crippen LogP contribution >= 0.6 is 0 Å². The number of morpholine rings is 1. The van der Waals surface area contributed by atoms with E-state index in [-0.39, 0.29) is 41.2 Å². The normalized spacial score (nSPS) is 22.4. The second kappa shape index (κ2) is 5.60. The van der Waals surface area contributed by atoms with Gasteiger partial charge in [0.15, 0.2) is 11.4 Å². The lowest BCUT2D eigenvalue weighted by Gasteiger charge is -2.44. The number of amides is 1. The van der Waals surface area contributed by atoms with Gasteiger partial charge in [-0.3, -0.25) is 14.3 Å². The molecule has 2 aromatic rings. The van der Waals surface area contributed by atoms with Gasteiger partial charge in [-0.2, -0.15) is 0 Å². The van der Waals surface area contributed by atoms with Crippen molar-refractivity contribution in [2.75, 3.05) is 18.6 Å². The van der Waals surface area contributed by atoms with Crippen LogP contribution in [0.4, 0.5) is 0 Å². The number of nitrogens with zero attached hydrogens (tertiary/aromatic N) is 2. The maximum atomic E-state index is 13.1. The van der Waals surface area contributed by atoms with Crippen LogP contribution in [-0.4, -0.2) is 40.4 Å². The van der Waals surface area contributed by atoms with Crippen LogP contribution < -0.4 is 15.6 Å². The number of pyridine rings is 1. The van der Waals surface area contributed by atoms with Gasteiger partial charge in [-0.25, -0.2) is 0 Å². The van der Waals surface area contributed by atoms with Crippen LogP contribution in [0.3, 0.4) is 0 Å². The summed E-state index contributed by atoms with van der Waals surface area (Å²) in [6, 6.07) is 11.0. The van der Waals surface area contributed by atoms with E-state index in [4.69, 9.17) is 9.47 Å². The number of hydrogen-bond donors (Lipinski definition) is 1. The molecule has 3 heterocycles. The second-order valence-corrected chi connectivity index (χ2v) is 7.07. The monoisotopic (exact) mass is 353 g/mol. The van der Waals surface area contributed by atoms with Gasteiger partial charge in [-0.15, -0.1) is 0 Å². The fraction of sp³-hybridized carbons (Fsp3) is 0.368. The third-order valence-corrected chi connectivity index (χ3v) is 5.22. The van der Waals surface area contributed by atoms with E-state index in [1.54, 1.807) is 15.8 Å². The van der Waals surface area contributed by atoms with Crippen molar-refractivity contribution in [3.8, 4) is 5.75 Å². The summed E-state index contributed by atoms with van der Waals surface area (Å²) >= 11 is 0. The lowest BCUT2D eigenvalue weighted by atomic mass is 10.1. The van der Waals surface area contributed by atoms with Gasteiger partial charge in [0.25, 0.3) is 5.91 Å². The molecule has 1 unspecified atom stereocenters. The summed E-state index contributed by atoms with van der Waals surface area (Å²) in [4.78, 5) is 27.3. The molecule has 1 N–H and O–H groups in total. The highest BCUT2D eigenvalue weighted by Gasteiger charge is 2.52. The van der Waals surface area contributed by atoms with Crippen LogP contribution in [0.15, 0.2) is 47.4 Å². The maximum absolute atomic E-state index is 13.1. The summed E-state index contributed by atoms with van der Waals surface area (Å²) in [6.07, 6.45) is 3.29. The molecule has 2 fully saturated rings. The Balaban J connectivity index is 1.48. The minimum Gasteiger partial charge on any atom is -0.482 e. The van der Waals surface area contributed by atoms with Gasteiger partial charge < -0.3 is 19.8 Å². The van der Waals surface area contributed by atoms with E-state index in [0.717, 1.165) is 18.4 Å². The number of aromatic nitrogens is 1. The Morgan fingerprint density at radius 1 is 1.19 bits per heavy atom. The molecule has 134 valence electrons. The smallest absolute Gasteiger partial charge is 0.278 e. The van der Waals surface area contributed by atoms with E-state index in [2.05, 4.69) is 5.43 Å². The molecule has 1 saturated carbocycles. The van der Waals surface area contributed by atoms with Gasteiger partial charge in [-0.05, 0) is 18.4 Å². The molecule has 1 aliphatic carbocycles. The lowest BCUT2D eigenvalue weighted by Crippen LogP contribution is -2.62. The van der Waals surface area contributed by atoms with Gasteiger partial charge >= 0.3 is 0 Å². The van der Waals surface area contributed by atoms with Crippen LogP contribution in [0.5, 0.6) is 5.75 Å². The molecular weight excluding hydrogens is 334 g/mol. The van der Waals surface area contributed by atoms with Crippen molar-refractivity contribution in [1.82, 2.24) is 9.58 Å². The molecule has 3 aliphatic rings. The summed E-state index contributed by atoms with van der Waals surface area (Å²) in [5.74, 6) is -0.104. The Morgan fingerprint density at radius 3 is 2.77 bits per heavy atom. The third-order valence-electron chi connectivity index (χ3n) is 5.22. The molecule has 1 saturated heterocycles. The largest absolute Gasteiger partial charge is 0.482 e. The Kier molecular flexibility index (Phi) is 3.33. The minimum atomic E-state index is -0.296. The van der Waals surface area contributed by atoms with Gasteiger partial charge in [0.2, 0.25) is 5.43 Å². The number of rotatable bonds is 3. The van der Waals surface area contributed by atoms with Gasteiger partial charge in [0.05, 0.1) is 18.8 Å². The van der Waals surface area contributed by atoms with Crippen LogP contribution in [0.1, 0.15) is 28.9 Å². The predicted octanol–water partition coefficient (Wildman–Crippen LogP) is 1.32. The molecule has 2 aliphatic heterocycles. The van der Waals surface area contributed by atoms with Crippen LogP contribution in [0.2, 0.25) is 0 Å². The first kappa shape index (κ1) is 15.5. The summed E-state index contributed by atoms with van der Waals surface area (Å²) in [5, 5.41) is 0. The van der Waals surface area contributed by atoms with E-state index in [1.807, 2.05) is 30.3 Å². The van der Waals surface area contributed by atoms with Crippen molar-refractivity contribution in [2.45, 2.75) is 31.2 Å². The fourth-order valence-electron chi connectivity index (χ4n) is 3.57. The topological polar surface area (TPSA) is 72.8 Å². The van der Waals surface area contributed by atoms with Crippen molar-refractivity contribution in [3.05, 3.63) is 64.1 Å². The highest BCUT2D eigenvalue weighted by Crippen LogP contribution is 2.44. The molecule has 5 rings (SSSR count). The van der Waals surface area contributed by atoms with Gasteiger partial charge in [-0.1, -0.05) is 30.3 Å². The average Bonchev–Trinajstić information content (AvgIpc) is 3.42. The first-order valence-electron chi connectivity index (χ1n) is 8.79.